The summed E-state index contributed by atoms with van der Waals surface area (Å²) in [5.41, 5.74) is 0. The number of rotatable bonds is 10. The molecule has 0 unspecified atom stereocenters. The minimum Gasteiger partial charge on any atom is -0.395 e. The van der Waals surface area contributed by atoms with Crippen LogP contribution in [0.5, 0.6) is 0 Å². The van der Waals surface area contributed by atoms with E-state index >= 15 is 0 Å². The molecule has 0 spiro atoms. The first-order valence-corrected chi connectivity index (χ1v) is 9.34. The van der Waals surface area contributed by atoms with Crippen LogP contribution in [-0.2, 0) is 8.85 Å². The van der Waals surface area contributed by atoms with Gasteiger partial charge in [-0.1, -0.05) is 39.5 Å². The molecule has 16 heavy (non-hydrogen) atoms. The molecule has 0 aliphatic rings. The van der Waals surface area contributed by atoms with Crippen molar-refractivity contribution in [3.05, 3.63) is 0 Å². The van der Waals surface area contributed by atoms with Crippen molar-refractivity contribution in [3.8, 4) is 0 Å². The van der Waals surface area contributed by atoms with Gasteiger partial charge in [0.05, 0.1) is 0 Å². The lowest BCUT2D eigenvalue weighted by Gasteiger charge is -2.25. The van der Waals surface area contributed by atoms with Crippen molar-refractivity contribution in [3.63, 3.8) is 0 Å². The van der Waals surface area contributed by atoms with Crippen molar-refractivity contribution >= 4 is 8.56 Å². The van der Waals surface area contributed by atoms with Gasteiger partial charge in [0.1, 0.15) is 0 Å². The fourth-order valence-corrected chi connectivity index (χ4v) is 4.46. The predicted octanol–water partition coefficient (Wildman–Crippen LogP) is 4.35. The average molecular weight is 246 g/mol. The standard InChI is InChI=1S/C13H30O2Si/c1-6-14-16(5,15-7-2)12-10-8-9-11-13(3)4/h13H,6-12H2,1-5H3. The van der Waals surface area contributed by atoms with Crippen LogP contribution in [0.1, 0.15) is 53.4 Å². The molecule has 0 fully saturated rings. The summed E-state index contributed by atoms with van der Waals surface area (Å²) in [6.07, 6.45) is 5.28. The van der Waals surface area contributed by atoms with Crippen molar-refractivity contribution in [2.75, 3.05) is 13.2 Å². The van der Waals surface area contributed by atoms with Crippen molar-refractivity contribution < 1.29 is 8.85 Å². The minimum absolute atomic E-state index is 0.786. The molecule has 0 atom stereocenters. The molecular formula is C13H30O2Si. The molecule has 0 aliphatic carbocycles. The third kappa shape index (κ3) is 8.31. The van der Waals surface area contributed by atoms with Crippen LogP contribution in [0, 0.1) is 5.92 Å². The van der Waals surface area contributed by atoms with E-state index in [9.17, 15) is 0 Å². The molecule has 0 rings (SSSR count). The van der Waals surface area contributed by atoms with E-state index in [1.807, 2.05) is 0 Å². The Bertz CT molecular complexity index is 154. The molecule has 0 aromatic rings. The van der Waals surface area contributed by atoms with Gasteiger partial charge < -0.3 is 8.85 Å². The fourth-order valence-electron chi connectivity index (χ4n) is 1.97. The van der Waals surface area contributed by atoms with Crippen LogP contribution < -0.4 is 0 Å². The summed E-state index contributed by atoms with van der Waals surface area (Å²) >= 11 is 0. The van der Waals surface area contributed by atoms with Crippen LogP contribution in [0.2, 0.25) is 12.6 Å². The van der Waals surface area contributed by atoms with Crippen LogP contribution in [-0.4, -0.2) is 21.8 Å². The van der Waals surface area contributed by atoms with E-state index in [0.717, 1.165) is 25.2 Å². The number of hydrogen-bond donors (Lipinski definition) is 0. The van der Waals surface area contributed by atoms with Gasteiger partial charge in [-0.2, -0.15) is 0 Å². The zero-order valence-electron chi connectivity index (χ0n) is 11.8. The summed E-state index contributed by atoms with van der Waals surface area (Å²) in [5.74, 6) is 0.836. The largest absolute Gasteiger partial charge is 0.395 e. The lowest BCUT2D eigenvalue weighted by molar-refractivity contribution is 0.188. The van der Waals surface area contributed by atoms with Gasteiger partial charge in [0.25, 0.3) is 0 Å². The fraction of sp³-hybridized carbons (Fsp3) is 1.00. The van der Waals surface area contributed by atoms with Crippen molar-refractivity contribution in [1.29, 1.82) is 0 Å². The zero-order valence-corrected chi connectivity index (χ0v) is 12.8. The summed E-state index contributed by atoms with van der Waals surface area (Å²) in [7, 11) is -1.83. The molecule has 2 nitrogen and oxygen atoms in total. The highest BCUT2D eigenvalue weighted by molar-refractivity contribution is 6.66. The molecule has 0 aromatic heterocycles. The summed E-state index contributed by atoms with van der Waals surface area (Å²) in [6.45, 7) is 12.5. The van der Waals surface area contributed by atoms with E-state index in [0.29, 0.717) is 0 Å². The smallest absolute Gasteiger partial charge is 0.334 e. The monoisotopic (exact) mass is 246 g/mol. The maximum Gasteiger partial charge on any atom is 0.334 e. The Kier molecular flexibility index (Phi) is 9.28. The highest BCUT2D eigenvalue weighted by Crippen LogP contribution is 2.19. The van der Waals surface area contributed by atoms with Gasteiger partial charge in [-0.3, -0.25) is 0 Å². The van der Waals surface area contributed by atoms with Gasteiger partial charge in [0.2, 0.25) is 0 Å². The quantitative estimate of drug-likeness (QED) is 0.421. The average Bonchev–Trinajstić information content (AvgIpc) is 2.17. The predicted molar refractivity (Wildman–Crippen MR) is 73.0 cm³/mol. The van der Waals surface area contributed by atoms with Gasteiger partial charge >= 0.3 is 8.56 Å². The first-order valence-electron chi connectivity index (χ1n) is 6.82. The molecule has 0 aliphatic heterocycles. The summed E-state index contributed by atoms with van der Waals surface area (Å²) < 4.78 is 11.6. The Hall–Kier alpha value is 0.137. The van der Waals surface area contributed by atoms with Crippen LogP contribution >= 0.6 is 0 Å². The van der Waals surface area contributed by atoms with E-state index < -0.39 is 8.56 Å². The van der Waals surface area contributed by atoms with Crippen molar-refractivity contribution in [2.45, 2.75) is 66.0 Å². The third-order valence-electron chi connectivity index (χ3n) is 2.81. The molecule has 0 N–H and O–H groups in total. The van der Waals surface area contributed by atoms with E-state index in [2.05, 4.69) is 34.2 Å². The zero-order chi connectivity index (χ0) is 12.4. The Morgan fingerprint density at radius 1 is 0.938 bits per heavy atom. The highest BCUT2D eigenvalue weighted by Gasteiger charge is 2.29. The van der Waals surface area contributed by atoms with Crippen LogP contribution in [0.25, 0.3) is 0 Å². The Morgan fingerprint density at radius 3 is 1.94 bits per heavy atom. The first kappa shape index (κ1) is 16.1. The lowest BCUT2D eigenvalue weighted by Crippen LogP contribution is -2.38. The number of hydrogen-bond acceptors (Lipinski definition) is 2. The Labute approximate surface area is 103 Å². The molecule has 0 aromatic carbocycles. The Balaban J connectivity index is 3.67. The minimum atomic E-state index is -1.83. The molecule has 0 bridgehead atoms. The van der Waals surface area contributed by atoms with E-state index in [-0.39, 0.29) is 0 Å². The second-order valence-electron chi connectivity index (χ2n) is 4.99. The summed E-state index contributed by atoms with van der Waals surface area (Å²) in [4.78, 5) is 0. The van der Waals surface area contributed by atoms with Crippen molar-refractivity contribution in [2.24, 2.45) is 5.92 Å². The second-order valence-corrected chi connectivity index (χ2v) is 8.34. The summed E-state index contributed by atoms with van der Waals surface area (Å²) in [5, 5.41) is 0. The SMILES string of the molecule is CCO[Si](C)(CCCCCC(C)C)OCC. The normalized spacial score (nSPS) is 12.4. The van der Waals surface area contributed by atoms with Gasteiger partial charge in [0, 0.05) is 13.2 Å². The summed E-state index contributed by atoms with van der Waals surface area (Å²) in [6, 6.07) is 1.15. The van der Waals surface area contributed by atoms with Gasteiger partial charge in [-0.25, -0.2) is 0 Å². The van der Waals surface area contributed by atoms with Crippen molar-refractivity contribution in [1.82, 2.24) is 0 Å². The van der Waals surface area contributed by atoms with E-state index in [4.69, 9.17) is 8.85 Å². The van der Waals surface area contributed by atoms with Crippen LogP contribution in [0.15, 0.2) is 0 Å². The van der Waals surface area contributed by atoms with Gasteiger partial charge in [0.15, 0.2) is 0 Å². The molecule has 98 valence electrons. The second kappa shape index (κ2) is 9.20. The molecule has 0 amide bonds. The maximum atomic E-state index is 5.81. The maximum absolute atomic E-state index is 5.81. The van der Waals surface area contributed by atoms with Gasteiger partial charge in [-0.15, -0.1) is 0 Å². The van der Waals surface area contributed by atoms with E-state index in [1.165, 1.54) is 25.7 Å². The molecule has 3 heteroatoms. The topological polar surface area (TPSA) is 18.5 Å². The first-order chi connectivity index (χ1) is 7.54. The Morgan fingerprint density at radius 2 is 1.50 bits per heavy atom. The molecule has 0 saturated heterocycles. The number of unbranched alkanes of at least 4 members (excludes halogenated alkanes) is 2. The molecule has 0 heterocycles. The lowest BCUT2D eigenvalue weighted by atomic mass is 10.1. The van der Waals surface area contributed by atoms with Crippen LogP contribution in [0.3, 0.4) is 0 Å². The molecular weight excluding hydrogens is 216 g/mol. The van der Waals surface area contributed by atoms with E-state index in [1.54, 1.807) is 0 Å². The van der Waals surface area contributed by atoms with Crippen LogP contribution in [0.4, 0.5) is 0 Å². The molecule has 0 radical (unpaired) electrons. The third-order valence-corrected chi connectivity index (χ3v) is 5.87. The van der Waals surface area contributed by atoms with Gasteiger partial charge in [-0.05, 0) is 32.4 Å². The molecule has 0 saturated carbocycles. The highest BCUT2D eigenvalue weighted by atomic mass is 28.4.